The van der Waals surface area contributed by atoms with Crippen LogP contribution in [0.2, 0.25) is 0 Å². The molecule has 0 aliphatic carbocycles. The lowest BCUT2D eigenvalue weighted by molar-refractivity contribution is 0.568. The minimum absolute atomic E-state index is 0. The summed E-state index contributed by atoms with van der Waals surface area (Å²) < 4.78 is 0. The summed E-state index contributed by atoms with van der Waals surface area (Å²) >= 11 is 0. The van der Waals surface area contributed by atoms with E-state index in [0.29, 0.717) is 0 Å². The predicted molar refractivity (Wildman–Crippen MR) is 67.5 cm³/mol. The zero-order valence-electron chi connectivity index (χ0n) is 10.8. The molecule has 1 aromatic rings. The van der Waals surface area contributed by atoms with Gasteiger partial charge in [0.05, 0.1) is 0 Å². The third-order valence-corrected chi connectivity index (χ3v) is 2.59. The standard InChI is InChI=1S/C14H22.H2O/c1-13(2,3)11-8-7-9-12(10-11)14(4,5)6;/h7-10H,1-6H3;1H2. The van der Waals surface area contributed by atoms with E-state index in [4.69, 9.17) is 0 Å². The Hall–Kier alpha value is -0.820. The van der Waals surface area contributed by atoms with Gasteiger partial charge in [-0.25, -0.2) is 0 Å². The number of hydrogen-bond donors (Lipinski definition) is 0. The number of hydrogen-bond acceptors (Lipinski definition) is 0. The van der Waals surface area contributed by atoms with Crippen LogP contribution in [0.15, 0.2) is 24.3 Å². The van der Waals surface area contributed by atoms with Gasteiger partial charge >= 0.3 is 0 Å². The molecule has 15 heavy (non-hydrogen) atoms. The van der Waals surface area contributed by atoms with E-state index in [1.165, 1.54) is 11.1 Å². The van der Waals surface area contributed by atoms with Crippen molar-refractivity contribution in [1.82, 2.24) is 0 Å². The van der Waals surface area contributed by atoms with Crippen LogP contribution in [-0.2, 0) is 10.8 Å². The lowest BCUT2D eigenvalue weighted by atomic mass is 9.81. The molecule has 0 spiro atoms. The molecule has 0 fully saturated rings. The van der Waals surface area contributed by atoms with Crippen LogP contribution < -0.4 is 0 Å². The summed E-state index contributed by atoms with van der Waals surface area (Å²) in [7, 11) is 0. The van der Waals surface area contributed by atoms with Crippen LogP contribution in [-0.4, -0.2) is 5.48 Å². The summed E-state index contributed by atoms with van der Waals surface area (Å²) in [6.07, 6.45) is 0. The van der Waals surface area contributed by atoms with E-state index in [1.807, 2.05) is 0 Å². The van der Waals surface area contributed by atoms with Gasteiger partial charge in [-0.05, 0) is 22.0 Å². The largest absolute Gasteiger partial charge is 0.412 e. The van der Waals surface area contributed by atoms with Crippen molar-refractivity contribution in [1.29, 1.82) is 0 Å². The summed E-state index contributed by atoms with van der Waals surface area (Å²) in [6.45, 7) is 13.6. The molecule has 0 heterocycles. The Balaban J connectivity index is 0.00000196. The smallest absolute Gasteiger partial charge is 0.0132 e. The van der Waals surface area contributed by atoms with Gasteiger partial charge in [-0.2, -0.15) is 0 Å². The summed E-state index contributed by atoms with van der Waals surface area (Å²) in [5.74, 6) is 0. The molecule has 0 radical (unpaired) electrons. The average Bonchev–Trinajstić information content (AvgIpc) is 2.01. The highest BCUT2D eigenvalue weighted by atomic mass is 16.0. The van der Waals surface area contributed by atoms with Crippen LogP contribution >= 0.6 is 0 Å². The van der Waals surface area contributed by atoms with E-state index in [-0.39, 0.29) is 16.3 Å². The molecule has 1 nitrogen and oxygen atoms in total. The molecular formula is C14H24O. The van der Waals surface area contributed by atoms with E-state index in [1.54, 1.807) is 0 Å². The molecule has 0 amide bonds. The van der Waals surface area contributed by atoms with Crippen molar-refractivity contribution in [3.05, 3.63) is 35.4 Å². The van der Waals surface area contributed by atoms with E-state index in [9.17, 15) is 0 Å². The van der Waals surface area contributed by atoms with Gasteiger partial charge in [0.25, 0.3) is 0 Å². The molecule has 0 saturated heterocycles. The van der Waals surface area contributed by atoms with Crippen LogP contribution in [0.1, 0.15) is 52.7 Å². The first-order valence-electron chi connectivity index (χ1n) is 5.32. The van der Waals surface area contributed by atoms with E-state index < -0.39 is 0 Å². The average molecular weight is 208 g/mol. The third-order valence-electron chi connectivity index (χ3n) is 2.59. The second-order valence-corrected chi connectivity index (χ2v) is 6.08. The lowest BCUT2D eigenvalue weighted by Gasteiger charge is -2.24. The number of benzene rings is 1. The normalized spacial score (nSPS) is 12.1. The molecule has 1 heteroatoms. The lowest BCUT2D eigenvalue weighted by Crippen LogP contribution is -2.15. The predicted octanol–water partition coefficient (Wildman–Crippen LogP) is 3.46. The van der Waals surface area contributed by atoms with Crippen LogP contribution in [0.25, 0.3) is 0 Å². The Kier molecular flexibility index (Phi) is 4.12. The van der Waals surface area contributed by atoms with Crippen molar-refractivity contribution in [2.45, 2.75) is 52.4 Å². The van der Waals surface area contributed by atoms with E-state index >= 15 is 0 Å². The minimum atomic E-state index is 0. The molecule has 0 aromatic heterocycles. The topological polar surface area (TPSA) is 31.5 Å². The summed E-state index contributed by atoms with van der Waals surface area (Å²) in [6, 6.07) is 8.94. The maximum Gasteiger partial charge on any atom is -0.0132 e. The second kappa shape index (κ2) is 4.36. The van der Waals surface area contributed by atoms with Crippen LogP contribution in [0.5, 0.6) is 0 Å². The van der Waals surface area contributed by atoms with Crippen LogP contribution in [0, 0.1) is 0 Å². The Morgan fingerprint density at radius 3 is 1.33 bits per heavy atom. The van der Waals surface area contributed by atoms with Crippen molar-refractivity contribution < 1.29 is 5.48 Å². The molecule has 0 aliphatic heterocycles. The van der Waals surface area contributed by atoms with E-state index in [0.717, 1.165) is 0 Å². The van der Waals surface area contributed by atoms with Crippen molar-refractivity contribution in [2.24, 2.45) is 0 Å². The molecule has 0 saturated carbocycles. The molecular weight excluding hydrogens is 184 g/mol. The fourth-order valence-electron chi connectivity index (χ4n) is 1.45. The van der Waals surface area contributed by atoms with Gasteiger partial charge in [0.15, 0.2) is 0 Å². The first-order chi connectivity index (χ1) is 6.21. The quantitative estimate of drug-likeness (QED) is 0.625. The zero-order valence-corrected chi connectivity index (χ0v) is 10.8. The molecule has 1 rings (SSSR count). The van der Waals surface area contributed by atoms with Crippen molar-refractivity contribution in [3.8, 4) is 0 Å². The van der Waals surface area contributed by atoms with Gasteiger partial charge in [0, 0.05) is 0 Å². The van der Waals surface area contributed by atoms with E-state index in [2.05, 4.69) is 65.8 Å². The van der Waals surface area contributed by atoms with Gasteiger partial charge in [-0.1, -0.05) is 65.8 Å². The monoisotopic (exact) mass is 208 g/mol. The summed E-state index contributed by atoms with van der Waals surface area (Å²) in [5.41, 5.74) is 3.34. The van der Waals surface area contributed by atoms with Crippen LogP contribution in [0.3, 0.4) is 0 Å². The summed E-state index contributed by atoms with van der Waals surface area (Å²) in [4.78, 5) is 0. The molecule has 0 bridgehead atoms. The van der Waals surface area contributed by atoms with Crippen molar-refractivity contribution in [3.63, 3.8) is 0 Å². The SMILES string of the molecule is CC(C)(C)c1cccc(C(C)(C)C)c1.O. The molecule has 2 N–H and O–H groups in total. The maximum atomic E-state index is 2.33. The highest BCUT2D eigenvalue weighted by molar-refractivity contribution is 5.32. The van der Waals surface area contributed by atoms with Gasteiger partial charge in [0.2, 0.25) is 0 Å². The first-order valence-corrected chi connectivity index (χ1v) is 5.32. The second-order valence-electron chi connectivity index (χ2n) is 6.08. The summed E-state index contributed by atoms with van der Waals surface area (Å²) in [5, 5.41) is 0. The van der Waals surface area contributed by atoms with Crippen molar-refractivity contribution in [2.75, 3.05) is 0 Å². The molecule has 1 aromatic carbocycles. The molecule has 0 aliphatic rings. The third kappa shape index (κ3) is 3.67. The van der Waals surface area contributed by atoms with Gasteiger partial charge in [-0.15, -0.1) is 0 Å². The number of rotatable bonds is 0. The van der Waals surface area contributed by atoms with Gasteiger partial charge < -0.3 is 5.48 Å². The highest BCUT2D eigenvalue weighted by Crippen LogP contribution is 2.28. The van der Waals surface area contributed by atoms with Crippen LogP contribution in [0.4, 0.5) is 0 Å². The fourth-order valence-corrected chi connectivity index (χ4v) is 1.45. The van der Waals surface area contributed by atoms with Gasteiger partial charge in [0.1, 0.15) is 0 Å². The molecule has 0 atom stereocenters. The maximum absolute atomic E-state index is 2.33. The molecule has 0 unspecified atom stereocenters. The molecule has 86 valence electrons. The van der Waals surface area contributed by atoms with Crippen molar-refractivity contribution >= 4 is 0 Å². The minimum Gasteiger partial charge on any atom is -0.412 e. The first kappa shape index (κ1) is 14.2. The Morgan fingerprint density at radius 1 is 0.733 bits per heavy atom. The highest BCUT2D eigenvalue weighted by Gasteiger charge is 2.18. The zero-order chi connectivity index (χ0) is 11.0. The fraction of sp³-hybridized carbons (Fsp3) is 0.571. The van der Waals surface area contributed by atoms with Gasteiger partial charge in [-0.3, -0.25) is 0 Å². The Bertz CT molecular complexity index is 284. The Labute approximate surface area is 93.8 Å². The Morgan fingerprint density at radius 2 is 1.07 bits per heavy atom.